The van der Waals surface area contributed by atoms with Crippen molar-refractivity contribution in [2.45, 2.75) is 0 Å². The van der Waals surface area contributed by atoms with Crippen LogP contribution < -0.4 is 4.40 Å². The summed E-state index contributed by atoms with van der Waals surface area (Å²) in [4.78, 5) is 11.4. The number of hydrogen-bond donors (Lipinski definition) is 1. The summed E-state index contributed by atoms with van der Waals surface area (Å²) in [5.74, 6) is -0.457. The molecule has 118 valence electrons. The summed E-state index contributed by atoms with van der Waals surface area (Å²) in [6.45, 7) is 0. The quantitative estimate of drug-likeness (QED) is 0.445. The molecular formula is C18H11ClFN2O2+. The number of pyridine rings is 1. The molecule has 0 radical (unpaired) electrons. The van der Waals surface area contributed by atoms with E-state index in [9.17, 15) is 14.3 Å². The molecule has 4 nitrogen and oxygen atoms in total. The van der Waals surface area contributed by atoms with Gasteiger partial charge in [0, 0.05) is 5.02 Å². The monoisotopic (exact) mass is 341 g/mol. The van der Waals surface area contributed by atoms with Gasteiger partial charge in [0.05, 0.1) is 11.6 Å². The number of carbonyl (C=O) groups is 1. The van der Waals surface area contributed by atoms with Gasteiger partial charge in [-0.05, 0) is 41.8 Å². The van der Waals surface area contributed by atoms with Crippen LogP contribution in [0.15, 0.2) is 60.8 Å². The molecule has 0 aliphatic carbocycles. The van der Waals surface area contributed by atoms with Crippen LogP contribution in [0.2, 0.25) is 5.02 Å². The molecule has 0 spiro atoms. The largest absolute Gasteiger partial charge is 0.474 e. The van der Waals surface area contributed by atoms with Crippen LogP contribution in [-0.2, 0) is 0 Å². The van der Waals surface area contributed by atoms with Crippen molar-refractivity contribution >= 4 is 34.1 Å². The SMILES string of the molecule is O=C(F)c1c(O)n(-c2ccc(Cl)cc2)c2c3ccccc3cc[n+]12. The average Bonchev–Trinajstić information content (AvgIpc) is 2.88. The molecule has 0 atom stereocenters. The highest BCUT2D eigenvalue weighted by Crippen LogP contribution is 2.29. The Morgan fingerprint density at radius 1 is 1.08 bits per heavy atom. The number of hydrogen-bond acceptors (Lipinski definition) is 2. The van der Waals surface area contributed by atoms with Crippen LogP contribution >= 0.6 is 11.6 Å². The number of imidazole rings is 1. The van der Waals surface area contributed by atoms with Crippen LogP contribution in [0.1, 0.15) is 10.5 Å². The highest BCUT2D eigenvalue weighted by atomic mass is 35.5. The van der Waals surface area contributed by atoms with E-state index in [4.69, 9.17) is 11.6 Å². The van der Waals surface area contributed by atoms with Crippen LogP contribution in [0.4, 0.5) is 4.39 Å². The molecule has 4 aromatic rings. The second-order valence-electron chi connectivity index (χ2n) is 5.35. The third kappa shape index (κ3) is 2.06. The average molecular weight is 342 g/mol. The molecule has 6 heteroatoms. The van der Waals surface area contributed by atoms with Crippen molar-refractivity contribution in [2.24, 2.45) is 0 Å². The zero-order chi connectivity index (χ0) is 16.8. The first-order chi connectivity index (χ1) is 11.6. The zero-order valence-electron chi connectivity index (χ0n) is 12.3. The lowest BCUT2D eigenvalue weighted by molar-refractivity contribution is -0.512. The minimum atomic E-state index is -1.70. The zero-order valence-corrected chi connectivity index (χ0v) is 13.0. The van der Waals surface area contributed by atoms with Crippen LogP contribution in [0.25, 0.3) is 22.1 Å². The number of carbonyl (C=O) groups excluding carboxylic acids is 1. The topological polar surface area (TPSA) is 46.3 Å². The van der Waals surface area contributed by atoms with Crippen molar-refractivity contribution in [3.63, 3.8) is 0 Å². The molecule has 1 N–H and O–H groups in total. The summed E-state index contributed by atoms with van der Waals surface area (Å²) in [7, 11) is 0. The lowest BCUT2D eigenvalue weighted by atomic mass is 10.1. The van der Waals surface area contributed by atoms with Gasteiger partial charge in [0.1, 0.15) is 5.69 Å². The van der Waals surface area contributed by atoms with E-state index in [2.05, 4.69) is 0 Å². The predicted molar refractivity (Wildman–Crippen MR) is 88.5 cm³/mol. The molecule has 4 rings (SSSR count). The van der Waals surface area contributed by atoms with Gasteiger partial charge in [0.15, 0.2) is 0 Å². The highest BCUT2D eigenvalue weighted by Gasteiger charge is 2.33. The van der Waals surface area contributed by atoms with Crippen LogP contribution in [-0.4, -0.2) is 15.7 Å². The first-order valence-electron chi connectivity index (χ1n) is 7.20. The van der Waals surface area contributed by atoms with Gasteiger partial charge >= 0.3 is 17.6 Å². The Hall–Kier alpha value is -2.92. The van der Waals surface area contributed by atoms with Crippen LogP contribution in [0.3, 0.4) is 0 Å². The third-order valence-electron chi connectivity index (χ3n) is 3.98. The van der Waals surface area contributed by atoms with Crippen molar-refractivity contribution in [1.82, 2.24) is 4.57 Å². The normalized spacial score (nSPS) is 11.2. The van der Waals surface area contributed by atoms with Gasteiger partial charge in [-0.1, -0.05) is 29.8 Å². The van der Waals surface area contributed by atoms with Gasteiger partial charge in [0.2, 0.25) is 0 Å². The molecule has 2 heterocycles. The lowest BCUT2D eigenvalue weighted by Gasteiger charge is -2.01. The van der Waals surface area contributed by atoms with Crippen molar-refractivity contribution in [1.29, 1.82) is 0 Å². The van der Waals surface area contributed by atoms with E-state index < -0.39 is 17.6 Å². The molecule has 2 aromatic carbocycles. The molecular weight excluding hydrogens is 331 g/mol. The summed E-state index contributed by atoms with van der Waals surface area (Å²) in [5, 5.41) is 12.7. The summed E-state index contributed by atoms with van der Waals surface area (Å²) < 4.78 is 16.4. The Morgan fingerprint density at radius 3 is 2.50 bits per heavy atom. The summed E-state index contributed by atoms with van der Waals surface area (Å²) in [5.41, 5.74) is 0.651. The van der Waals surface area contributed by atoms with Gasteiger partial charge in [-0.3, -0.25) is 4.79 Å². The molecule has 2 aromatic heterocycles. The third-order valence-corrected chi connectivity index (χ3v) is 4.23. The van der Waals surface area contributed by atoms with Crippen molar-refractivity contribution < 1.29 is 18.7 Å². The second kappa shape index (κ2) is 5.32. The van der Waals surface area contributed by atoms with Crippen LogP contribution in [0.5, 0.6) is 5.88 Å². The fourth-order valence-electron chi connectivity index (χ4n) is 2.94. The number of benzene rings is 2. The Balaban J connectivity index is 2.22. The molecule has 0 amide bonds. The second-order valence-corrected chi connectivity index (χ2v) is 5.79. The first kappa shape index (κ1) is 14.7. The Kier molecular flexibility index (Phi) is 3.25. The summed E-state index contributed by atoms with van der Waals surface area (Å²) in [6, 6.07) is 14.2. The lowest BCUT2D eigenvalue weighted by Crippen LogP contribution is -2.26. The maximum absolute atomic E-state index is 13.6. The van der Waals surface area contributed by atoms with Gasteiger partial charge < -0.3 is 5.11 Å². The molecule has 0 saturated heterocycles. The highest BCUT2D eigenvalue weighted by molar-refractivity contribution is 6.30. The minimum absolute atomic E-state index is 0.411. The molecule has 0 fully saturated rings. The number of halogens is 2. The smallest absolute Gasteiger partial charge is 0.379 e. The van der Waals surface area contributed by atoms with E-state index in [1.54, 1.807) is 36.5 Å². The van der Waals surface area contributed by atoms with Crippen molar-refractivity contribution in [3.8, 4) is 11.6 Å². The molecule has 0 unspecified atom stereocenters. The molecule has 0 aliphatic rings. The predicted octanol–water partition coefficient (Wildman–Crippen LogP) is 3.84. The van der Waals surface area contributed by atoms with E-state index in [1.807, 2.05) is 24.3 Å². The number of rotatable bonds is 2. The number of aromatic hydroxyl groups is 1. The minimum Gasteiger partial charge on any atom is -0.474 e. The number of aromatic nitrogens is 2. The van der Waals surface area contributed by atoms with Crippen LogP contribution in [0, 0.1) is 0 Å². The molecule has 24 heavy (non-hydrogen) atoms. The van der Waals surface area contributed by atoms with E-state index in [0.29, 0.717) is 16.4 Å². The van der Waals surface area contributed by atoms with Crippen molar-refractivity contribution in [2.75, 3.05) is 0 Å². The maximum atomic E-state index is 13.6. The van der Waals surface area contributed by atoms with Gasteiger partial charge in [0.25, 0.3) is 5.69 Å². The fraction of sp³-hybridized carbons (Fsp3) is 0. The molecule has 0 aliphatic heterocycles. The van der Waals surface area contributed by atoms with Crippen molar-refractivity contribution in [3.05, 3.63) is 71.5 Å². The fourth-order valence-corrected chi connectivity index (χ4v) is 3.07. The first-order valence-corrected chi connectivity index (χ1v) is 7.58. The van der Waals surface area contributed by atoms with E-state index in [-0.39, 0.29) is 0 Å². The van der Waals surface area contributed by atoms with Gasteiger partial charge in [-0.15, -0.1) is 0 Å². The van der Waals surface area contributed by atoms with E-state index in [0.717, 1.165) is 10.8 Å². The van der Waals surface area contributed by atoms with Gasteiger partial charge in [-0.25, -0.2) is 0 Å². The number of fused-ring (bicyclic) bond motifs is 3. The summed E-state index contributed by atoms with van der Waals surface area (Å²) in [6.07, 6.45) is 1.57. The Bertz CT molecular complexity index is 1100. The van der Waals surface area contributed by atoms with Gasteiger partial charge in [-0.2, -0.15) is 13.4 Å². The summed E-state index contributed by atoms with van der Waals surface area (Å²) >= 11 is 5.92. The Morgan fingerprint density at radius 2 is 1.79 bits per heavy atom. The standard InChI is InChI=1S/C18H10ClFN2O2/c19-12-5-7-13(8-6-12)22-17-14-4-2-1-3-11(14)9-10-21(17)15(16(20)23)18(22)24/h1-10H/p+1. The van der Waals surface area contributed by atoms with E-state index >= 15 is 0 Å². The molecule has 0 bridgehead atoms. The maximum Gasteiger partial charge on any atom is 0.379 e. The Labute approximate surface area is 141 Å². The molecule has 0 saturated carbocycles. The van der Waals surface area contributed by atoms with E-state index in [1.165, 1.54) is 8.97 Å². The number of nitrogens with zero attached hydrogens (tertiary/aromatic N) is 2.